The zero-order valence-corrected chi connectivity index (χ0v) is 24.4. The quantitative estimate of drug-likeness (QED) is 0.323. The van der Waals surface area contributed by atoms with Crippen LogP contribution in [0.2, 0.25) is 0 Å². The van der Waals surface area contributed by atoms with Crippen LogP contribution < -0.4 is 15.4 Å². The molecule has 3 unspecified atom stereocenters. The van der Waals surface area contributed by atoms with E-state index in [1.54, 1.807) is 24.3 Å². The first-order valence-corrected chi connectivity index (χ1v) is 14.6. The lowest BCUT2D eigenvalue weighted by molar-refractivity contribution is -0.148. The summed E-state index contributed by atoms with van der Waals surface area (Å²) in [7, 11) is 0. The normalized spacial score (nSPS) is 17.4. The Hall–Kier alpha value is -3.82. The zero-order valence-electron chi connectivity index (χ0n) is 23.6. The lowest BCUT2D eigenvalue weighted by atomic mass is 9.97. The molecular weight excluding hydrogens is 538 g/mol. The van der Waals surface area contributed by atoms with Gasteiger partial charge in [-0.3, -0.25) is 14.4 Å². The molecule has 3 N–H and O–H groups in total. The first-order chi connectivity index (χ1) is 19.7. The van der Waals surface area contributed by atoms with E-state index in [2.05, 4.69) is 10.6 Å². The molecule has 216 valence electrons. The first-order valence-electron chi connectivity index (χ1n) is 13.6. The van der Waals surface area contributed by atoms with E-state index in [0.717, 1.165) is 16.7 Å². The van der Waals surface area contributed by atoms with Crippen LogP contribution in [-0.4, -0.2) is 63.1 Å². The minimum absolute atomic E-state index is 0.222. The van der Waals surface area contributed by atoms with Crippen LogP contribution in [0.3, 0.4) is 0 Å². The number of thioether (sulfide) groups is 1. The number of nitrogens with one attached hydrogen (secondary N) is 2. The molecule has 8 nitrogen and oxygen atoms in total. The molecule has 0 spiro atoms. The van der Waals surface area contributed by atoms with Gasteiger partial charge in [-0.2, -0.15) is 0 Å². The van der Waals surface area contributed by atoms with Crippen molar-refractivity contribution < 1.29 is 24.2 Å². The van der Waals surface area contributed by atoms with E-state index < -0.39 is 34.7 Å². The number of para-hydroxylation sites is 1. The molecule has 3 amide bonds. The molecule has 41 heavy (non-hydrogen) atoms. The molecule has 1 heterocycles. The highest BCUT2D eigenvalue weighted by Crippen LogP contribution is 2.40. The van der Waals surface area contributed by atoms with Crippen LogP contribution >= 0.6 is 11.8 Å². The third kappa shape index (κ3) is 7.89. The summed E-state index contributed by atoms with van der Waals surface area (Å²) in [4.78, 5) is 41.5. The monoisotopic (exact) mass is 575 g/mol. The molecule has 9 heteroatoms. The lowest BCUT2D eigenvalue weighted by Gasteiger charge is -2.33. The summed E-state index contributed by atoms with van der Waals surface area (Å²) in [6.07, 6.45) is -1.35. The second-order valence-corrected chi connectivity index (χ2v) is 12.2. The van der Waals surface area contributed by atoms with E-state index in [1.165, 1.54) is 16.7 Å². The number of aliphatic hydroxyl groups excluding tert-OH is 1. The molecule has 0 bridgehead atoms. The average molecular weight is 576 g/mol. The highest BCUT2D eigenvalue weighted by Gasteiger charge is 2.49. The number of rotatable bonds is 11. The number of aliphatic hydroxyl groups is 1. The summed E-state index contributed by atoms with van der Waals surface area (Å²) in [5.74, 6) is -0.581. The second-order valence-electron chi connectivity index (χ2n) is 10.6. The van der Waals surface area contributed by atoms with Crippen molar-refractivity contribution in [2.45, 2.75) is 56.7 Å². The van der Waals surface area contributed by atoms with Crippen LogP contribution in [-0.2, 0) is 27.3 Å². The average Bonchev–Trinajstić information content (AvgIpc) is 3.30. The number of aryl methyl sites for hydroxylation is 1. The number of ether oxygens (including phenoxy) is 1. The number of hydrogen-bond donors (Lipinski definition) is 3. The van der Waals surface area contributed by atoms with Crippen molar-refractivity contribution in [1.29, 1.82) is 0 Å². The fourth-order valence-electron chi connectivity index (χ4n) is 4.87. The lowest BCUT2D eigenvalue weighted by Crippen LogP contribution is -2.59. The Kier molecular flexibility index (Phi) is 10.1. The largest absolute Gasteiger partial charge is 0.484 e. The molecule has 3 aromatic carbocycles. The molecule has 1 saturated heterocycles. The van der Waals surface area contributed by atoms with Gasteiger partial charge in [0.05, 0.1) is 11.9 Å². The van der Waals surface area contributed by atoms with Crippen molar-refractivity contribution >= 4 is 29.5 Å². The van der Waals surface area contributed by atoms with E-state index in [0.29, 0.717) is 12.3 Å². The highest BCUT2D eigenvalue weighted by molar-refractivity contribution is 8.00. The fourth-order valence-corrected chi connectivity index (χ4v) is 6.01. The molecule has 3 aromatic rings. The Morgan fingerprint density at radius 3 is 2.32 bits per heavy atom. The number of hydrogen-bond acceptors (Lipinski definition) is 6. The Morgan fingerprint density at radius 2 is 1.63 bits per heavy atom. The third-order valence-corrected chi connectivity index (χ3v) is 8.56. The summed E-state index contributed by atoms with van der Waals surface area (Å²) in [5.41, 5.74) is 2.90. The standard InChI is InChI=1S/C32H37N3O5S/c1-22-12-10-11-15-24(22)19-33-30(38)29-32(2,3)41-21-35(29)31(39)28(37)26(18-23-13-6-4-7-14-23)34-27(36)20-40-25-16-8-5-9-17-25/h4-17,26,28-29,37H,18-21H2,1-3H3,(H,33,38)(H,34,36). The van der Waals surface area contributed by atoms with Crippen LogP contribution in [0.1, 0.15) is 30.5 Å². The molecule has 0 aliphatic carbocycles. The van der Waals surface area contributed by atoms with Gasteiger partial charge >= 0.3 is 0 Å². The van der Waals surface area contributed by atoms with Crippen LogP contribution in [0, 0.1) is 6.92 Å². The van der Waals surface area contributed by atoms with Crippen LogP contribution in [0.25, 0.3) is 0 Å². The maximum atomic E-state index is 13.8. The highest BCUT2D eigenvalue weighted by atomic mass is 32.2. The second kappa shape index (κ2) is 13.7. The minimum atomic E-state index is -1.57. The summed E-state index contributed by atoms with van der Waals surface area (Å²) in [6.45, 7) is 5.88. The predicted molar refractivity (Wildman–Crippen MR) is 160 cm³/mol. The summed E-state index contributed by atoms with van der Waals surface area (Å²) in [6, 6.07) is 24.3. The number of amides is 3. The minimum Gasteiger partial charge on any atom is -0.484 e. The molecule has 0 radical (unpaired) electrons. The van der Waals surface area contributed by atoms with Crippen molar-refractivity contribution in [2.24, 2.45) is 0 Å². The summed E-state index contributed by atoms with van der Waals surface area (Å²) < 4.78 is 4.98. The Labute approximate surface area is 245 Å². The van der Waals surface area contributed by atoms with Gasteiger partial charge in [-0.1, -0.05) is 72.8 Å². The number of nitrogens with zero attached hydrogens (tertiary/aromatic N) is 1. The molecule has 3 atom stereocenters. The van der Waals surface area contributed by atoms with E-state index in [9.17, 15) is 19.5 Å². The topological polar surface area (TPSA) is 108 Å². The zero-order chi connectivity index (χ0) is 29.4. The van der Waals surface area contributed by atoms with Crippen molar-refractivity contribution in [3.8, 4) is 5.75 Å². The van der Waals surface area contributed by atoms with Crippen molar-refractivity contribution in [3.05, 3.63) is 102 Å². The number of carbonyl (C=O) groups excluding carboxylic acids is 3. The Balaban J connectivity index is 1.48. The maximum Gasteiger partial charge on any atom is 0.258 e. The van der Waals surface area contributed by atoms with Gasteiger partial charge in [-0.25, -0.2) is 0 Å². The third-order valence-electron chi connectivity index (χ3n) is 7.18. The molecule has 1 aliphatic rings. The van der Waals surface area contributed by atoms with Crippen LogP contribution in [0.15, 0.2) is 84.9 Å². The Morgan fingerprint density at radius 1 is 1.00 bits per heavy atom. The van der Waals surface area contributed by atoms with Crippen LogP contribution in [0.4, 0.5) is 0 Å². The Bertz CT molecular complexity index is 1340. The van der Waals surface area contributed by atoms with Gasteiger partial charge in [0.15, 0.2) is 12.7 Å². The molecule has 4 rings (SSSR count). The van der Waals surface area contributed by atoms with Gasteiger partial charge in [0.25, 0.3) is 11.8 Å². The SMILES string of the molecule is Cc1ccccc1CNC(=O)C1N(C(=O)C(O)C(Cc2ccccc2)NC(=O)COc2ccccc2)CSC1(C)C. The van der Waals surface area contributed by atoms with Gasteiger partial charge in [-0.15, -0.1) is 11.8 Å². The van der Waals surface area contributed by atoms with Gasteiger partial charge in [0.2, 0.25) is 5.91 Å². The van der Waals surface area contributed by atoms with Gasteiger partial charge in [0, 0.05) is 11.3 Å². The van der Waals surface area contributed by atoms with Gasteiger partial charge in [-0.05, 0) is 56.0 Å². The maximum absolute atomic E-state index is 13.8. The van der Waals surface area contributed by atoms with Crippen molar-refractivity contribution in [1.82, 2.24) is 15.5 Å². The molecule has 1 fully saturated rings. The van der Waals surface area contributed by atoms with Crippen molar-refractivity contribution in [3.63, 3.8) is 0 Å². The van der Waals surface area contributed by atoms with Gasteiger partial charge in [0.1, 0.15) is 11.8 Å². The fraction of sp³-hybridized carbons (Fsp3) is 0.344. The molecule has 0 saturated carbocycles. The van der Waals surface area contributed by atoms with Gasteiger partial charge < -0.3 is 25.4 Å². The molecule has 0 aromatic heterocycles. The predicted octanol–water partition coefficient (Wildman–Crippen LogP) is 3.46. The summed E-state index contributed by atoms with van der Waals surface area (Å²) >= 11 is 1.48. The van der Waals surface area contributed by atoms with Crippen molar-refractivity contribution in [2.75, 3.05) is 12.5 Å². The summed E-state index contributed by atoms with van der Waals surface area (Å²) in [5, 5.41) is 17.1. The molecule has 1 aliphatic heterocycles. The van der Waals surface area contributed by atoms with E-state index >= 15 is 0 Å². The number of benzene rings is 3. The van der Waals surface area contributed by atoms with E-state index in [-0.39, 0.29) is 24.8 Å². The molecular formula is C32H37N3O5S. The van der Waals surface area contributed by atoms with E-state index in [1.807, 2.05) is 81.4 Å². The first kappa shape index (κ1) is 30.1. The van der Waals surface area contributed by atoms with E-state index in [4.69, 9.17) is 4.74 Å². The van der Waals surface area contributed by atoms with Crippen LogP contribution in [0.5, 0.6) is 5.75 Å². The smallest absolute Gasteiger partial charge is 0.258 e. The number of carbonyl (C=O) groups is 3.